The number of nitrogens with two attached hydrogens (primary N) is 1. The van der Waals surface area contributed by atoms with Crippen molar-refractivity contribution in [3.05, 3.63) is 47.4 Å². The number of guanidine groups is 1. The van der Waals surface area contributed by atoms with Crippen LogP contribution in [-0.4, -0.2) is 32.1 Å². The number of rotatable bonds is 8. The van der Waals surface area contributed by atoms with Crippen LogP contribution in [0.25, 0.3) is 0 Å². The highest BCUT2D eigenvalue weighted by Crippen LogP contribution is 2.34. The Balaban J connectivity index is 0.00000320. The van der Waals surface area contributed by atoms with Gasteiger partial charge in [0.2, 0.25) is 0 Å². The molecule has 0 saturated heterocycles. The number of carbonyl (C=O) groups is 1. The molecule has 3 rings (SSSR count). The standard InChI is InChI=1S/C21H28N4O4.HI/c1-23-21(25-13-16-10-11-18(28-16)20(22)26)24-12-14-6-5-9-17(27-2)19(14)29-15-7-3-4-8-15;/h5-6,9-11,15H,3-4,7-8,12-13H2,1-2H3,(H2,22,26)(H2,23,24,25);1H. The Morgan fingerprint density at radius 2 is 1.93 bits per heavy atom. The van der Waals surface area contributed by atoms with E-state index in [0.29, 0.717) is 24.8 Å². The Kier molecular flexibility index (Phi) is 9.28. The minimum Gasteiger partial charge on any atom is -0.493 e. The molecule has 0 bridgehead atoms. The highest BCUT2D eigenvalue weighted by atomic mass is 127. The molecular weight excluding hydrogens is 499 g/mol. The monoisotopic (exact) mass is 528 g/mol. The van der Waals surface area contributed by atoms with Crippen molar-refractivity contribution in [3.8, 4) is 11.5 Å². The van der Waals surface area contributed by atoms with Crippen molar-refractivity contribution in [2.45, 2.75) is 44.9 Å². The number of nitrogens with one attached hydrogen (secondary N) is 2. The molecule has 8 nitrogen and oxygen atoms in total. The first-order valence-electron chi connectivity index (χ1n) is 9.76. The van der Waals surface area contributed by atoms with Gasteiger partial charge >= 0.3 is 0 Å². The average Bonchev–Trinajstić information content (AvgIpc) is 3.41. The number of primary amides is 1. The smallest absolute Gasteiger partial charge is 0.284 e. The number of aliphatic imine (C=N–C) groups is 1. The third-order valence-electron chi connectivity index (χ3n) is 4.87. The molecule has 1 fully saturated rings. The molecule has 30 heavy (non-hydrogen) atoms. The molecule has 0 radical (unpaired) electrons. The van der Waals surface area contributed by atoms with Crippen molar-refractivity contribution in [1.29, 1.82) is 0 Å². The maximum Gasteiger partial charge on any atom is 0.284 e. The molecular formula is C21H29IN4O4. The van der Waals surface area contributed by atoms with Gasteiger partial charge in [0.25, 0.3) is 5.91 Å². The predicted molar refractivity (Wildman–Crippen MR) is 126 cm³/mol. The average molecular weight is 528 g/mol. The minimum absolute atomic E-state index is 0. The molecule has 0 spiro atoms. The van der Waals surface area contributed by atoms with Crippen LogP contribution in [0.4, 0.5) is 0 Å². The molecule has 1 amide bonds. The van der Waals surface area contributed by atoms with Crippen LogP contribution < -0.4 is 25.8 Å². The van der Waals surface area contributed by atoms with Gasteiger partial charge in [0, 0.05) is 19.2 Å². The Hall–Kier alpha value is -2.43. The van der Waals surface area contributed by atoms with Crippen molar-refractivity contribution in [1.82, 2.24) is 10.6 Å². The van der Waals surface area contributed by atoms with Crippen LogP contribution in [0.1, 0.15) is 47.6 Å². The molecule has 1 aliphatic rings. The van der Waals surface area contributed by atoms with E-state index >= 15 is 0 Å². The highest BCUT2D eigenvalue weighted by molar-refractivity contribution is 14.0. The zero-order valence-corrected chi connectivity index (χ0v) is 19.6. The lowest BCUT2D eigenvalue weighted by molar-refractivity contribution is 0.0972. The summed E-state index contributed by atoms with van der Waals surface area (Å²) in [6, 6.07) is 9.13. The van der Waals surface area contributed by atoms with Crippen molar-refractivity contribution in [2.24, 2.45) is 10.7 Å². The van der Waals surface area contributed by atoms with E-state index in [1.807, 2.05) is 18.2 Å². The van der Waals surface area contributed by atoms with E-state index in [4.69, 9.17) is 19.6 Å². The first-order valence-corrected chi connectivity index (χ1v) is 9.76. The van der Waals surface area contributed by atoms with Gasteiger partial charge in [-0.2, -0.15) is 0 Å². The molecule has 1 aliphatic carbocycles. The summed E-state index contributed by atoms with van der Waals surface area (Å²) < 4.78 is 17.1. The van der Waals surface area contributed by atoms with Crippen LogP contribution in [0.2, 0.25) is 0 Å². The number of halogens is 1. The fraction of sp³-hybridized carbons (Fsp3) is 0.429. The maximum atomic E-state index is 11.1. The third-order valence-corrected chi connectivity index (χ3v) is 4.87. The van der Waals surface area contributed by atoms with Gasteiger partial charge in [-0.3, -0.25) is 9.79 Å². The van der Waals surface area contributed by atoms with E-state index in [1.54, 1.807) is 26.3 Å². The molecule has 2 aromatic rings. The number of benzene rings is 1. The first kappa shape index (κ1) is 23.8. The van der Waals surface area contributed by atoms with Crippen LogP contribution in [0.15, 0.2) is 39.7 Å². The fourth-order valence-corrected chi connectivity index (χ4v) is 3.34. The van der Waals surface area contributed by atoms with Gasteiger partial charge in [0.1, 0.15) is 5.76 Å². The molecule has 1 aromatic carbocycles. The number of carbonyl (C=O) groups excluding carboxylic acids is 1. The summed E-state index contributed by atoms with van der Waals surface area (Å²) in [6.07, 6.45) is 4.79. The van der Waals surface area contributed by atoms with Gasteiger partial charge < -0.3 is 30.3 Å². The number of hydrogen-bond acceptors (Lipinski definition) is 5. The van der Waals surface area contributed by atoms with E-state index in [2.05, 4.69) is 15.6 Å². The summed E-state index contributed by atoms with van der Waals surface area (Å²) >= 11 is 0. The zero-order valence-electron chi connectivity index (χ0n) is 17.3. The van der Waals surface area contributed by atoms with Crippen molar-refractivity contribution < 1.29 is 18.7 Å². The number of nitrogens with zero attached hydrogens (tertiary/aromatic N) is 1. The second kappa shape index (κ2) is 11.7. The molecule has 9 heteroatoms. The summed E-state index contributed by atoms with van der Waals surface area (Å²) in [5, 5.41) is 6.42. The SMILES string of the molecule is CN=C(NCc1ccc(C(N)=O)o1)NCc1cccc(OC)c1OC1CCCC1.I. The van der Waals surface area contributed by atoms with E-state index in [9.17, 15) is 4.79 Å². The highest BCUT2D eigenvalue weighted by Gasteiger charge is 2.20. The quantitative estimate of drug-likeness (QED) is 0.276. The second-order valence-corrected chi connectivity index (χ2v) is 6.88. The number of ether oxygens (including phenoxy) is 2. The zero-order chi connectivity index (χ0) is 20.6. The first-order chi connectivity index (χ1) is 14.1. The predicted octanol–water partition coefficient (Wildman–Crippen LogP) is 3.19. The van der Waals surface area contributed by atoms with E-state index in [0.717, 1.165) is 29.9 Å². The van der Waals surface area contributed by atoms with E-state index in [-0.39, 0.29) is 35.8 Å². The Morgan fingerprint density at radius 3 is 2.57 bits per heavy atom. The molecule has 1 aromatic heterocycles. The lowest BCUT2D eigenvalue weighted by Crippen LogP contribution is -2.36. The van der Waals surface area contributed by atoms with Gasteiger partial charge in [-0.05, 0) is 43.9 Å². The summed E-state index contributed by atoms with van der Waals surface area (Å²) in [7, 11) is 3.34. The van der Waals surface area contributed by atoms with Crippen LogP contribution >= 0.6 is 24.0 Å². The summed E-state index contributed by atoms with van der Waals surface area (Å²) in [6.45, 7) is 0.889. The van der Waals surface area contributed by atoms with Gasteiger partial charge in [-0.1, -0.05) is 12.1 Å². The molecule has 0 atom stereocenters. The van der Waals surface area contributed by atoms with E-state index in [1.165, 1.54) is 12.8 Å². The summed E-state index contributed by atoms with van der Waals surface area (Å²) in [5.74, 6) is 2.24. The Morgan fingerprint density at radius 1 is 1.20 bits per heavy atom. The minimum atomic E-state index is -0.591. The summed E-state index contributed by atoms with van der Waals surface area (Å²) in [4.78, 5) is 15.4. The molecule has 1 heterocycles. The number of methoxy groups -OCH3 is 1. The van der Waals surface area contributed by atoms with Crippen molar-refractivity contribution >= 4 is 35.8 Å². The molecule has 164 valence electrons. The molecule has 0 aliphatic heterocycles. The molecule has 1 saturated carbocycles. The van der Waals surface area contributed by atoms with Crippen molar-refractivity contribution in [2.75, 3.05) is 14.2 Å². The lowest BCUT2D eigenvalue weighted by atomic mass is 10.1. The number of hydrogen-bond donors (Lipinski definition) is 3. The molecule has 4 N–H and O–H groups in total. The van der Waals surface area contributed by atoms with Gasteiger partial charge in [-0.15, -0.1) is 24.0 Å². The van der Waals surface area contributed by atoms with Crippen LogP contribution in [0.3, 0.4) is 0 Å². The van der Waals surface area contributed by atoms with Crippen LogP contribution in [0.5, 0.6) is 11.5 Å². The van der Waals surface area contributed by atoms with Gasteiger partial charge in [0.05, 0.1) is 19.8 Å². The topological polar surface area (TPSA) is 111 Å². The van der Waals surface area contributed by atoms with Crippen molar-refractivity contribution in [3.63, 3.8) is 0 Å². The Bertz CT molecular complexity index is 862. The maximum absolute atomic E-state index is 11.1. The van der Waals surface area contributed by atoms with Gasteiger partial charge in [0.15, 0.2) is 23.2 Å². The summed E-state index contributed by atoms with van der Waals surface area (Å²) in [5.41, 5.74) is 6.20. The largest absolute Gasteiger partial charge is 0.493 e. The second-order valence-electron chi connectivity index (χ2n) is 6.88. The Labute approximate surface area is 193 Å². The number of furan rings is 1. The number of amides is 1. The van der Waals surface area contributed by atoms with E-state index < -0.39 is 5.91 Å². The van der Waals surface area contributed by atoms with Crippen LogP contribution in [0, 0.1) is 0 Å². The third kappa shape index (κ3) is 6.28. The normalized spacial score (nSPS) is 14.1. The van der Waals surface area contributed by atoms with Crippen LogP contribution in [-0.2, 0) is 13.1 Å². The lowest BCUT2D eigenvalue weighted by Gasteiger charge is -2.20. The number of para-hydroxylation sites is 1. The molecule has 0 unspecified atom stereocenters. The fourth-order valence-electron chi connectivity index (χ4n) is 3.34. The van der Waals surface area contributed by atoms with Gasteiger partial charge in [-0.25, -0.2) is 0 Å².